The van der Waals surface area contributed by atoms with Crippen molar-refractivity contribution in [2.45, 2.75) is 0 Å². The summed E-state index contributed by atoms with van der Waals surface area (Å²) in [5.74, 6) is 1.30. The highest BCUT2D eigenvalue weighted by Crippen LogP contribution is 2.35. The van der Waals surface area contributed by atoms with Crippen LogP contribution in [0, 0.1) is 0 Å². The molecule has 1 saturated heterocycles. The van der Waals surface area contributed by atoms with Gasteiger partial charge in [-0.05, 0) is 54.2 Å². The molecule has 3 aromatic rings. The zero-order valence-corrected chi connectivity index (χ0v) is 17.8. The summed E-state index contributed by atoms with van der Waals surface area (Å²) in [6.45, 7) is 0.385. The first-order valence-electron chi connectivity index (χ1n) is 9.00. The van der Waals surface area contributed by atoms with E-state index in [9.17, 15) is 9.59 Å². The average Bonchev–Trinajstić information content (AvgIpc) is 3.29. The van der Waals surface area contributed by atoms with Crippen molar-refractivity contribution in [2.75, 3.05) is 13.2 Å². The van der Waals surface area contributed by atoms with Gasteiger partial charge >= 0.3 is 0 Å². The van der Waals surface area contributed by atoms with Crippen molar-refractivity contribution in [1.82, 2.24) is 4.90 Å². The number of carbonyl (C=O) groups excluding carboxylic acids is 2. The second-order valence-corrected chi connectivity index (χ2v) is 8.16. The molecular weight excluding hydrogens is 445 g/mol. The molecule has 0 N–H and O–H groups in total. The van der Waals surface area contributed by atoms with Gasteiger partial charge < -0.3 is 9.15 Å². The van der Waals surface area contributed by atoms with Gasteiger partial charge in [-0.2, -0.15) is 0 Å². The average molecular weight is 460 g/mol. The molecule has 0 atom stereocenters. The minimum absolute atomic E-state index is 0.167. The Bertz CT molecular complexity index is 1130. The van der Waals surface area contributed by atoms with Crippen molar-refractivity contribution in [2.24, 2.45) is 0 Å². The van der Waals surface area contributed by atoms with Gasteiger partial charge in [0, 0.05) is 16.7 Å². The molecule has 2 heterocycles. The van der Waals surface area contributed by atoms with Crippen LogP contribution in [0.5, 0.6) is 5.75 Å². The van der Waals surface area contributed by atoms with Gasteiger partial charge in [0.1, 0.15) is 23.9 Å². The number of ether oxygens (including phenoxy) is 1. The molecule has 8 heteroatoms. The van der Waals surface area contributed by atoms with Crippen LogP contribution in [0.4, 0.5) is 4.79 Å². The molecule has 1 aromatic heterocycles. The smallest absolute Gasteiger partial charge is 0.293 e. The summed E-state index contributed by atoms with van der Waals surface area (Å²) in [5, 5.41) is 0.651. The second kappa shape index (κ2) is 9.00. The van der Waals surface area contributed by atoms with Gasteiger partial charge in [0.15, 0.2) is 0 Å². The molecule has 0 spiro atoms. The van der Waals surface area contributed by atoms with Crippen molar-refractivity contribution in [1.29, 1.82) is 0 Å². The molecule has 0 aliphatic carbocycles. The van der Waals surface area contributed by atoms with Gasteiger partial charge in [0.2, 0.25) is 0 Å². The molecular formula is C22H15Cl2NO4S. The normalized spacial score (nSPS) is 15.3. The Morgan fingerprint density at radius 1 is 1.03 bits per heavy atom. The number of furan rings is 1. The molecule has 4 rings (SSSR count). The van der Waals surface area contributed by atoms with Crippen LogP contribution in [0.2, 0.25) is 10.0 Å². The van der Waals surface area contributed by atoms with Crippen molar-refractivity contribution < 1.29 is 18.7 Å². The Hall–Kier alpha value is -2.67. The minimum atomic E-state index is -0.371. The van der Waals surface area contributed by atoms with Crippen molar-refractivity contribution >= 4 is 52.2 Å². The molecule has 0 saturated carbocycles. The van der Waals surface area contributed by atoms with Gasteiger partial charge in [0.05, 0.1) is 16.5 Å². The van der Waals surface area contributed by atoms with Crippen LogP contribution in [0.25, 0.3) is 17.4 Å². The van der Waals surface area contributed by atoms with Crippen LogP contribution in [0.1, 0.15) is 5.76 Å². The van der Waals surface area contributed by atoms with Crippen molar-refractivity contribution in [3.05, 3.63) is 81.4 Å². The predicted molar refractivity (Wildman–Crippen MR) is 119 cm³/mol. The quantitative estimate of drug-likeness (QED) is 0.400. The minimum Gasteiger partial charge on any atom is -0.492 e. The Morgan fingerprint density at radius 2 is 1.83 bits per heavy atom. The van der Waals surface area contributed by atoms with E-state index in [2.05, 4.69) is 0 Å². The van der Waals surface area contributed by atoms with E-state index in [0.717, 1.165) is 11.8 Å². The number of carbonyl (C=O) groups is 2. The highest BCUT2D eigenvalue weighted by atomic mass is 35.5. The molecule has 0 bridgehead atoms. The SMILES string of the molecule is O=C1S/C(=C\c2ccc(-c3ccc(Cl)cc3Cl)o2)C(=O)N1CCOc1ccccc1. The van der Waals surface area contributed by atoms with Crippen molar-refractivity contribution in [3.8, 4) is 17.1 Å². The Balaban J connectivity index is 1.44. The number of benzene rings is 2. The van der Waals surface area contributed by atoms with Crippen LogP contribution < -0.4 is 4.74 Å². The molecule has 2 amide bonds. The molecule has 30 heavy (non-hydrogen) atoms. The van der Waals surface area contributed by atoms with Gasteiger partial charge in [-0.25, -0.2) is 0 Å². The van der Waals surface area contributed by atoms with Crippen LogP contribution >= 0.6 is 35.0 Å². The molecule has 1 aliphatic heterocycles. The number of hydrogen-bond donors (Lipinski definition) is 0. The maximum atomic E-state index is 12.6. The lowest BCUT2D eigenvalue weighted by atomic mass is 10.2. The van der Waals surface area contributed by atoms with Gasteiger partial charge in [-0.15, -0.1) is 0 Å². The number of rotatable bonds is 6. The van der Waals surface area contributed by atoms with Crippen LogP contribution in [-0.2, 0) is 4.79 Å². The summed E-state index contributed by atoms with van der Waals surface area (Å²) in [5.41, 5.74) is 0.687. The van der Waals surface area contributed by atoms with E-state index in [0.29, 0.717) is 37.8 Å². The van der Waals surface area contributed by atoms with Crippen molar-refractivity contribution in [3.63, 3.8) is 0 Å². The second-order valence-electron chi connectivity index (χ2n) is 6.32. The van der Waals surface area contributed by atoms with Gasteiger partial charge in [-0.3, -0.25) is 14.5 Å². The maximum Gasteiger partial charge on any atom is 0.293 e. The van der Waals surface area contributed by atoms with Crippen LogP contribution in [0.3, 0.4) is 0 Å². The van der Waals surface area contributed by atoms with E-state index >= 15 is 0 Å². The van der Waals surface area contributed by atoms with E-state index in [1.165, 1.54) is 4.90 Å². The van der Waals surface area contributed by atoms with E-state index in [1.807, 2.05) is 30.3 Å². The fourth-order valence-corrected chi connectivity index (χ4v) is 4.20. The van der Waals surface area contributed by atoms with Crippen LogP contribution in [-0.4, -0.2) is 29.2 Å². The number of amides is 2. The Labute approximate surface area is 187 Å². The lowest BCUT2D eigenvalue weighted by Crippen LogP contribution is -2.32. The summed E-state index contributed by atoms with van der Waals surface area (Å²) >= 11 is 13.0. The number of para-hydroxylation sites is 1. The standard InChI is InChI=1S/C22H15Cl2NO4S/c23-14-6-8-17(18(24)12-14)19-9-7-16(29-19)13-20-21(26)25(22(27)30-20)10-11-28-15-4-2-1-3-5-15/h1-9,12-13H,10-11H2/b20-13-. The first-order chi connectivity index (χ1) is 14.5. The van der Waals surface area contributed by atoms with Gasteiger partial charge in [0.25, 0.3) is 11.1 Å². The molecule has 0 radical (unpaired) electrons. The summed E-state index contributed by atoms with van der Waals surface area (Å²) in [6, 6.07) is 17.8. The highest BCUT2D eigenvalue weighted by molar-refractivity contribution is 8.18. The Morgan fingerprint density at radius 3 is 2.60 bits per heavy atom. The third kappa shape index (κ3) is 4.56. The lowest BCUT2D eigenvalue weighted by Gasteiger charge is -2.13. The zero-order valence-electron chi connectivity index (χ0n) is 15.5. The number of thioether (sulfide) groups is 1. The summed E-state index contributed by atoms with van der Waals surface area (Å²) in [7, 11) is 0. The fraction of sp³-hybridized carbons (Fsp3) is 0.0909. The molecule has 1 aliphatic rings. The molecule has 152 valence electrons. The largest absolute Gasteiger partial charge is 0.492 e. The topological polar surface area (TPSA) is 59.8 Å². The number of hydrogen-bond acceptors (Lipinski definition) is 5. The first-order valence-corrected chi connectivity index (χ1v) is 10.6. The van der Waals surface area contributed by atoms with E-state index in [-0.39, 0.29) is 24.3 Å². The summed E-state index contributed by atoms with van der Waals surface area (Å²) in [6.07, 6.45) is 1.55. The van der Waals surface area contributed by atoms with E-state index < -0.39 is 0 Å². The third-order valence-corrected chi connectivity index (χ3v) is 5.75. The van der Waals surface area contributed by atoms with E-state index in [4.69, 9.17) is 32.4 Å². The first kappa shape index (κ1) is 20.6. The zero-order chi connectivity index (χ0) is 21.1. The molecule has 1 fully saturated rings. The predicted octanol–water partition coefficient (Wildman–Crippen LogP) is 6.37. The molecule has 0 unspecified atom stereocenters. The highest BCUT2D eigenvalue weighted by Gasteiger charge is 2.35. The maximum absolute atomic E-state index is 12.6. The van der Waals surface area contributed by atoms with E-state index in [1.54, 1.807) is 36.4 Å². The fourth-order valence-electron chi connectivity index (χ4n) is 2.86. The molecule has 5 nitrogen and oxygen atoms in total. The summed E-state index contributed by atoms with van der Waals surface area (Å²) < 4.78 is 11.4. The lowest BCUT2D eigenvalue weighted by molar-refractivity contribution is -0.123. The van der Waals surface area contributed by atoms with Gasteiger partial charge in [-0.1, -0.05) is 41.4 Å². The number of nitrogens with zero attached hydrogens (tertiary/aromatic N) is 1. The molecule has 2 aromatic carbocycles. The number of halogens is 2. The number of imide groups is 1. The summed E-state index contributed by atoms with van der Waals surface area (Å²) in [4.78, 5) is 26.3. The monoisotopic (exact) mass is 459 g/mol. The Kier molecular flexibility index (Phi) is 6.18. The third-order valence-electron chi connectivity index (χ3n) is 4.30. The van der Waals surface area contributed by atoms with Crippen LogP contribution in [0.15, 0.2) is 70.0 Å².